The van der Waals surface area contributed by atoms with Gasteiger partial charge in [-0.15, -0.1) is 0 Å². The lowest BCUT2D eigenvalue weighted by Crippen LogP contribution is -2.58. The highest BCUT2D eigenvalue weighted by atomic mass is 16.7. The molecule has 244 valence electrons. The van der Waals surface area contributed by atoms with Crippen molar-refractivity contribution < 1.29 is 52.7 Å². The largest absolute Gasteiger partial charge is 0.513 e. The van der Waals surface area contributed by atoms with E-state index in [9.17, 15) is 24.3 Å². The quantitative estimate of drug-likeness (QED) is 0.161. The molecule has 0 aliphatic rings. The van der Waals surface area contributed by atoms with Gasteiger partial charge >= 0.3 is 24.4 Å². The molecule has 0 aliphatic heterocycles. The Balaban J connectivity index is 3.26. The molecule has 0 heterocycles. The highest BCUT2D eigenvalue weighted by molar-refractivity contribution is 5.80. The van der Waals surface area contributed by atoms with Crippen LogP contribution in [-0.4, -0.2) is 61.0 Å². The summed E-state index contributed by atoms with van der Waals surface area (Å²) < 4.78 is 31.4. The van der Waals surface area contributed by atoms with Crippen molar-refractivity contribution in [3.05, 3.63) is 23.8 Å². The first-order valence-corrected chi connectivity index (χ1v) is 14.1. The van der Waals surface area contributed by atoms with Crippen molar-refractivity contribution >= 4 is 24.4 Å². The summed E-state index contributed by atoms with van der Waals surface area (Å²) in [7, 11) is 0. The molecule has 0 fully saturated rings. The second-order valence-electron chi connectivity index (χ2n) is 14.4. The van der Waals surface area contributed by atoms with Crippen LogP contribution in [0.15, 0.2) is 18.2 Å². The third-order valence-corrected chi connectivity index (χ3v) is 5.96. The van der Waals surface area contributed by atoms with Gasteiger partial charge in [0.25, 0.3) is 0 Å². The van der Waals surface area contributed by atoms with Gasteiger partial charge in [-0.05, 0) is 40.9 Å². The van der Waals surface area contributed by atoms with E-state index in [1.54, 1.807) is 6.92 Å². The maximum atomic E-state index is 12.5. The SMILES string of the molecule is C[C@H](OC(=O)OCC(C)(C)C)[C@@H](C)[C@](N)(Cc1ccc(OC(=O)OCC(C)(C)C)c(OC(=O)OCC(C)(C)C)c1)C(=O)O. The molecule has 0 amide bonds. The van der Waals surface area contributed by atoms with Crippen LogP contribution >= 0.6 is 0 Å². The molecule has 0 unspecified atom stereocenters. The Morgan fingerprint density at radius 1 is 0.721 bits per heavy atom. The third-order valence-electron chi connectivity index (χ3n) is 5.96. The number of hydrogen-bond donors (Lipinski definition) is 2. The Morgan fingerprint density at radius 3 is 1.56 bits per heavy atom. The average molecular weight is 612 g/mol. The van der Waals surface area contributed by atoms with Crippen molar-refractivity contribution in [2.45, 2.75) is 94.2 Å². The number of carbonyl (C=O) groups is 4. The van der Waals surface area contributed by atoms with Crippen LogP contribution in [0.25, 0.3) is 0 Å². The minimum atomic E-state index is -1.93. The third kappa shape index (κ3) is 14.0. The predicted molar refractivity (Wildman–Crippen MR) is 158 cm³/mol. The molecule has 3 N–H and O–H groups in total. The van der Waals surface area contributed by atoms with E-state index < -0.39 is 42.0 Å². The van der Waals surface area contributed by atoms with E-state index in [-0.39, 0.29) is 54.0 Å². The molecule has 0 spiro atoms. The number of carbonyl (C=O) groups excluding carboxylic acids is 3. The van der Waals surface area contributed by atoms with Crippen molar-refractivity contribution in [2.75, 3.05) is 19.8 Å². The van der Waals surface area contributed by atoms with Gasteiger partial charge in [0.05, 0.1) is 19.8 Å². The summed E-state index contributed by atoms with van der Waals surface area (Å²) >= 11 is 0. The molecule has 0 saturated carbocycles. The summed E-state index contributed by atoms with van der Waals surface area (Å²) in [5, 5.41) is 10.1. The van der Waals surface area contributed by atoms with Gasteiger partial charge in [0, 0.05) is 12.3 Å². The fourth-order valence-corrected chi connectivity index (χ4v) is 3.37. The number of aliphatic carboxylic acids is 1. The lowest BCUT2D eigenvalue weighted by molar-refractivity contribution is -0.147. The Morgan fingerprint density at radius 2 is 1.14 bits per heavy atom. The normalized spacial score (nSPS) is 14.9. The van der Waals surface area contributed by atoms with Crippen LogP contribution in [0.5, 0.6) is 11.5 Å². The number of rotatable bonds is 11. The van der Waals surface area contributed by atoms with Gasteiger partial charge in [0.15, 0.2) is 11.5 Å². The first kappa shape index (κ1) is 37.5. The molecular formula is C31H49NO11. The second kappa shape index (κ2) is 14.8. The van der Waals surface area contributed by atoms with Gasteiger partial charge in [0.2, 0.25) is 0 Å². The highest BCUT2D eigenvalue weighted by Gasteiger charge is 2.44. The van der Waals surface area contributed by atoms with Crippen LogP contribution in [-0.2, 0) is 30.2 Å². The van der Waals surface area contributed by atoms with E-state index in [2.05, 4.69) is 0 Å². The van der Waals surface area contributed by atoms with Crippen LogP contribution < -0.4 is 15.2 Å². The molecule has 12 heteroatoms. The molecule has 0 bridgehead atoms. The van der Waals surface area contributed by atoms with Crippen molar-refractivity contribution in [3.8, 4) is 11.5 Å². The Labute approximate surface area is 254 Å². The summed E-state index contributed by atoms with van der Waals surface area (Å²) in [6.45, 7) is 20.2. The maximum absolute atomic E-state index is 12.5. The van der Waals surface area contributed by atoms with Gasteiger partial charge < -0.3 is 39.3 Å². The fourth-order valence-electron chi connectivity index (χ4n) is 3.37. The summed E-state index contributed by atoms with van der Waals surface area (Å²) in [5.74, 6) is -2.60. The van der Waals surface area contributed by atoms with E-state index in [4.69, 9.17) is 34.2 Å². The molecule has 0 aromatic heterocycles. The lowest BCUT2D eigenvalue weighted by atomic mass is 9.78. The molecular weight excluding hydrogens is 562 g/mol. The predicted octanol–water partition coefficient (Wildman–Crippen LogP) is 6.36. The van der Waals surface area contributed by atoms with Gasteiger partial charge in [-0.25, -0.2) is 14.4 Å². The van der Waals surface area contributed by atoms with Gasteiger partial charge in [-0.2, -0.15) is 0 Å². The number of nitrogens with two attached hydrogens (primary N) is 1. The van der Waals surface area contributed by atoms with Crippen molar-refractivity contribution in [2.24, 2.45) is 27.9 Å². The van der Waals surface area contributed by atoms with Crippen molar-refractivity contribution in [1.29, 1.82) is 0 Å². The topological polar surface area (TPSA) is 170 Å². The number of carboxylic acids is 1. The zero-order valence-electron chi connectivity index (χ0n) is 27.3. The van der Waals surface area contributed by atoms with Crippen molar-refractivity contribution in [3.63, 3.8) is 0 Å². The molecule has 43 heavy (non-hydrogen) atoms. The summed E-state index contributed by atoms with van der Waals surface area (Å²) in [6.07, 6.45) is -4.21. The lowest BCUT2D eigenvalue weighted by Gasteiger charge is -2.34. The molecule has 1 rings (SSSR count). The molecule has 1 aromatic carbocycles. The van der Waals surface area contributed by atoms with Crippen LogP contribution in [0, 0.1) is 22.2 Å². The first-order chi connectivity index (χ1) is 19.4. The van der Waals surface area contributed by atoms with E-state index in [1.165, 1.54) is 25.1 Å². The average Bonchev–Trinajstić information content (AvgIpc) is 2.84. The number of benzene rings is 1. The smallest absolute Gasteiger partial charge is 0.480 e. The molecule has 1 aromatic rings. The minimum absolute atomic E-state index is 0.0495. The highest BCUT2D eigenvalue weighted by Crippen LogP contribution is 2.33. The molecule has 0 radical (unpaired) electrons. The van der Waals surface area contributed by atoms with Crippen LogP contribution in [0.3, 0.4) is 0 Å². The maximum Gasteiger partial charge on any atom is 0.513 e. The number of ether oxygens (including phenoxy) is 6. The van der Waals surface area contributed by atoms with E-state index >= 15 is 0 Å². The van der Waals surface area contributed by atoms with Crippen LogP contribution in [0.4, 0.5) is 14.4 Å². The van der Waals surface area contributed by atoms with Gasteiger partial charge in [-0.3, -0.25) is 4.79 Å². The van der Waals surface area contributed by atoms with Gasteiger partial charge in [-0.1, -0.05) is 75.3 Å². The minimum Gasteiger partial charge on any atom is -0.480 e. The zero-order valence-corrected chi connectivity index (χ0v) is 27.3. The first-order valence-electron chi connectivity index (χ1n) is 14.1. The Kier molecular flexibility index (Phi) is 12.9. The molecule has 3 atom stereocenters. The monoisotopic (exact) mass is 611 g/mol. The Bertz CT molecular complexity index is 1130. The molecule has 0 saturated heterocycles. The summed E-state index contributed by atoms with van der Waals surface area (Å²) in [4.78, 5) is 49.5. The van der Waals surface area contributed by atoms with E-state index in [0.29, 0.717) is 5.56 Å². The number of carboxylic acid groups (broad SMARTS) is 1. The second-order valence-corrected chi connectivity index (χ2v) is 14.4. The molecule has 12 nitrogen and oxygen atoms in total. The van der Waals surface area contributed by atoms with Crippen LogP contribution in [0.1, 0.15) is 81.7 Å². The van der Waals surface area contributed by atoms with E-state index in [1.807, 2.05) is 62.3 Å². The van der Waals surface area contributed by atoms with Crippen molar-refractivity contribution in [1.82, 2.24) is 0 Å². The summed E-state index contributed by atoms with van der Waals surface area (Å²) in [6, 6.07) is 4.13. The standard InChI is InChI=1S/C31H49NO11/c1-19(20(2)41-25(35)38-16-28(3,4)5)31(32,24(33)34)15-21-12-13-22(42-26(36)39-17-29(6,7)8)23(14-21)43-27(37)40-18-30(9,10)11/h12-14,19-20H,15-18,32H2,1-11H3,(H,33,34)/t19-,20+,31-/m1/s1. The number of hydrogen-bond acceptors (Lipinski definition) is 11. The van der Waals surface area contributed by atoms with E-state index in [0.717, 1.165) is 0 Å². The van der Waals surface area contributed by atoms with Gasteiger partial charge in [0.1, 0.15) is 11.6 Å². The van der Waals surface area contributed by atoms with Crippen LogP contribution in [0.2, 0.25) is 0 Å². The molecule has 0 aliphatic carbocycles. The summed E-state index contributed by atoms with van der Waals surface area (Å²) in [5.41, 5.74) is 3.86. The fraction of sp³-hybridized carbons (Fsp3) is 0.677. The zero-order chi connectivity index (χ0) is 33.4. The Hall–Kier alpha value is -3.54.